The van der Waals surface area contributed by atoms with Gasteiger partial charge in [0.15, 0.2) is 0 Å². The smallest absolute Gasteiger partial charge is 0.227 e. The molecule has 26 heavy (non-hydrogen) atoms. The number of hydrogen-bond acceptors (Lipinski definition) is 5. The average molecular weight is 354 g/mol. The summed E-state index contributed by atoms with van der Waals surface area (Å²) >= 11 is 0. The van der Waals surface area contributed by atoms with Crippen molar-refractivity contribution in [3.63, 3.8) is 0 Å². The number of carbonyl (C=O) groups is 1. The molecule has 6 heteroatoms. The van der Waals surface area contributed by atoms with E-state index in [1.807, 2.05) is 13.0 Å². The molecule has 1 fully saturated rings. The van der Waals surface area contributed by atoms with E-state index >= 15 is 0 Å². The van der Waals surface area contributed by atoms with Gasteiger partial charge < -0.3 is 10.0 Å². The highest BCUT2D eigenvalue weighted by atomic mass is 16.3. The third-order valence-electron chi connectivity index (χ3n) is 4.91. The van der Waals surface area contributed by atoms with Gasteiger partial charge in [-0.1, -0.05) is 19.9 Å². The van der Waals surface area contributed by atoms with Gasteiger partial charge in [0, 0.05) is 42.3 Å². The fourth-order valence-electron chi connectivity index (χ4n) is 2.93. The first-order chi connectivity index (χ1) is 12.5. The van der Waals surface area contributed by atoms with Crippen LogP contribution in [0.4, 0.5) is 0 Å². The van der Waals surface area contributed by atoms with Crippen molar-refractivity contribution in [1.82, 2.24) is 19.9 Å². The van der Waals surface area contributed by atoms with Crippen LogP contribution in [0, 0.1) is 0 Å². The van der Waals surface area contributed by atoms with Crippen LogP contribution in [-0.4, -0.2) is 44.0 Å². The van der Waals surface area contributed by atoms with E-state index in [-0.39, 0.29) is 24.3 Å². The highest BCUT2D eigenvalue weighted by Gasteiger charge is 2.41. The molecular weight excluding hydrogens is 328 g/mol. The van der Waals surface area contributed by atoms with Crippen molar-refractivity contribution in [3.8, 4) is 0 Å². The van der Waals surface area contributed by atoms with Crippen LogP contribution in [0.1, 0.15) is 56.2 Å². The van der Waals surface area contributed by atoms with Gasteiger partial charge in [-0.2, -0.15) is 0 Å². The molecule has 138 valence electrons. The molecule has 2 aromatic rings. The van der Waals surface area contributed by atoms with Crippen LogP contribution in [0.5, 0.6) is 0 Å². The molecule has 1 N–H and O–H groups in total. The summed E-state index contributed by atoms with van der Waals surface area (Å²) in [6.07, 6.45) is 9.39. The summed E-state index contributed by atoms with van der Waals surface area (Å²) in [7, 11) is 0. The highest BCUT2D eigenvalue weighted by Crippen LogP contribution is 2.45. The van der Waals surface area contributed by atoms with Crippen molar-refractivity contribution < 1.29 is 9.90 Å². The van der Waals surface area contributed by atoms with Crippen LogP contribution in [0.3, 0.4) is 0 Å². The van der Waals surface area contributed by atoms with Gasteiger partial charge in [0.1, 0.15) is 5.82 Å². The number of carbonyl (C=O) groups excluding carboxylic acids is 1. The second kappa shape index (κ2) is 7.91. The standard InChI is InChI=1S/C20H26N4O2/c1-3-9-24(14-17(25)16-5-4-8-21-13-16)18(26)10-15-11-22-19(23-12-15)20(2)6-7-20/h4-5,8,11-13,17,25H,3,6-7,9-10,14H2,1-2H3. The lowest BCUT2D eigenvalue weighted by atomic mass is 10.1. The van der Waals surface area contributed by atoms with Crippen LogP contribution in [-0.2, 0) is 16.6 Å². The summed E-state index contributed by atoms with van der Waals surface area (Å²) in [4.78, 5) is 27.3. The van der Waals surface area contributed by atoms with Crippen LogP contribution in [0.2, 0.25) is 0 Å². The third-order valence-corrected chi connectivity index (χ3v) is 4.91. The first-order valence-corrected chi connectivity index (χ1v) is 9.19. The summed E-state index contributed by atoms with van der Waals surface area (Å²) in [6.45, 7) is 5.05. The number of aliphatic hydroxyl groups is 1. The minimum atomic E-state index is -0.743. The van der Waals surface area contributed by atoms with Crippen LogP contribution < -0.4 is 0 Å². The van der Waals surface area contributed by atoms with Gasteiger partial charge in [-0.25, -0.2) is 9.97 Å². The van der Waals surface area contributed by atoms with E-state index in [4.69, 9.17) is 0 Å². The number of rotatable bonds is 8. The Morgan fingerprint density at radius 3 is 2.62 bits per heavy atom. The van der Waals surface area contributed by atoms with E-state index in [0.29, 0.717) is 12.1 Å². The second-order valence-corrected chi connectivity index (χ2v) is 7.29. The van der Waals surface area contributed by atoms with E-state index < -0.39 is 6.10 Å². The van der Waals surface area contributed by atoms with Crippen molar-refractivity contribution in [1.29, 1.82) is 0 Å². The predicted molar refractivity (Wildman–Crippen MR) is 98.4 cm³/mol. The number of nitrogens with zero attached hydrogens (tertiary/aromatic N) is 4. The molecule has 2 heterocycles. The lowest BCUT2D eigenvalue weighted by Crippen LogP contribution is -2.36. The van der Waals surface area contributed by atoms with Gasteiger partial charge in [0.25, 0.3) is 0 Å². The summed E-state index contributed by atoms with van der Waals surface area (Å²) in [6, 6.07) is 3.60. The molecule has 0 bridgehead atoms. The summed E-state index contributed by atoms with van der Waals surface area (Å²) in [5, 5.41) is 10.4. The van der Waals surface area contributed by atoms with Crippen molar-refractivity contribution >= 4 is 5.91 Å². The Bertz CT molecular complexity index is 729. The molecule has 1 saturated carbocycles. The van der Waals surface area contributed by atoms with Gasteiger partial charge >= 0.3 is 0 Å². The van der Waals surface area contributed by atoms with Gasteiger partial charge in [-0.15, -0.1) is 0 Å². The monoisotopic (exact) mass is 354 g/mol. The largest absolute Gasteiger partial charge is 0.386 e. The number of amides is 1. The number of aromatic nitrogens is 3. The average Bonchev–Trinajstić information content (AvgIpc) is 3.41. The number of hydrogen-bond donors (Lipinski definition) is 1. The van der Waals surface area contributed by atoms with Gasteiger partial charge in [0.2, 0.25) is 5.91 Å². The Hall–Kier alpha value is -2.34. The second-order valence-electron chi connectivity index (χ2n) is 7.29. The molecule has 1 amide bonds. The van der Waals surface area contributed by atoms with E-state index in [2.05, 4.69) is 21.9 Å². The van der Waals surface area contributed by atoms with Crippen molar-refractivity contribution in [2.75, 3.05) is 13.1 Å². The minimum absolute atomic E-state index is 0.0243. The Morgan fingerprint density at radius 1 is 1.31 bits per heavy atom. The molecule has 0 spiro atoms. The van der Waals surface area contributed by atoms with Crippen molar-refractivity contribution in [2.45, 2.75) is 51.0 Å². The molecule has 1 aliphatic rings. The van der Waals surface area contributed by atoms with Crippen LogP contribution >= 0.6 is 0 Å². The molecule has 1 aliphatic carbocycles. The van der Waals surface area contributed by atoms with E-state index in [9.17, 15) is 9.90 Å². The van der Waals surface area contributed by atoms with E-state index in [1.165, 1.54) is 0 Å². The van der Waals surface area contributed by atoms with Crippen LogP contribution in [0.25, 0.3) is 0 Å². The first-order valence-electron chi connectivity index (χ1n) is 9.19. The molecule has 0 aromatic carbocycles. The Morgan fingerprint density at radius 2 is 2.04 bits per heavy atom. The molecule has 0 saturated heterocycles. The molecule has 1 unspecified atom stereocenters. The maximum absolute atomic E-state index is 12.7. The predicted octanol–water partition coefficient (Wildman–Crippen LogP) is 2.44. The molecule has 3 rings (SSSR count). The molecule has 0 radical (unpaired) electrons. The number of pyridine rings is 1. The zero-order chi connectivity index (χ0) is 18.6. The molecule has 1 atom stereocenters. The summed E-state index contributed by atoms with van der Waals surface area (Å²) in [5.74, 6) is 0.842. The van der Waals surface area contributed by atoms with Gasteiger partial charge in [0.05, 0.1) is 19.1 Å². The third kappa shape index (κ3) is 4.43. The number of aliphatic hydroxyl groups excluding tert-OH is 1. The van der Waals surface area contributed by atoms with Crippen LogP contribution in [0.15, 0.2) is 36.9 Å². The first kappa shape index (κ1) is 18.5. The SMILES string of the molecule is CCCN(CC(O)c1cccnc1)C(=O)Cc1cnc(C2(C)CC2)nc1. The van der Waals surface area contributed by atoms with Crippen molar-refractivity contribution in [3.05, 3.63) is 53.9 Å². The normalized spacial score (nSPS) is 16.1. The topological polar surface area (TPSA) is 79.2 Å². The maximum Gasteiger partial charge on any atom is 0.227 e. The fourth-order valence-corrected chi connectivity index (χ4v) is 2.93. The van der Waals surface area contributed by atoms with Gasteiger partial charge in [-0.05, 0) is 30.9 Å². The Kier molecular flexibility index (Phi) is 5.61. The minimum Gasteiger partial charge on any atom is -0.386 e. The molecule has 6 nitrogen and oxygen atoms in total. The molecule has 2 aromatic heterocycles. The summed E-state index contributed by atoms with van der Waals surface area (Å²) < 4.78 is 0. The molecule has 0 aliphatic heterocycles. The molecular formula is C20H26N4O2. The Balaban J connectivity index is 1.62. The Labute approximate surface area is 154 Å². The van der Waals surface area contributed by atoms with Crippen molar-refractivity contribution in [2.24, 2.45) is 0 Å². The fraction of sp³-hybridized carbons (Fsp3) is 0.500. The van der Waals surface area contributed by atoms with E-state index in [0.717, 1.165) is 30.7 Å². The summed E-state index contributed by atoms with van der Waals surface area (Å²) in [5.41, 5.74) is 1.65. The highest BCUT2D eigenvalue weighted by molar-refractivity contribution is 5.78. The lowest BCUT2D eigenvalue weighted by Gasteiger charge is -2.25. The van der Waals surface area contributed by atoms with Gasteiger partial charge in [-0.3, -0.25) is 9.78 Å². The zero-order valence-corrected chi connectivity index (χ0v) is 15.4. The zero-order valence-electron chi connectivity index (χ0n) is 15.4. The quantitative estimate of drug-likeness (QED) is 0.788. The van der Waals surface area contributed by atoms with E-state index in [1.54, 1.807) is 35.8 Å². The lowest BCUT2D eigenvalue weighted by molar-refractivity contribution is -0.132. The maximum atomic E-state index is 12.7.